The number of carbonyl (C=O) groups excluding carboxylic acids is 2. The molecule has 0 bridgehead atoms. The number of rotatable bonds is 7. The van der Waals surface area contributed by atoms with Gasteiger partial charge in [-0.1, -0.05) is 18.2 Å². The number of carbonyl (C=O) groups is 2. The summed E-state index contributed by atoms with van der Waals surface area (Å²) in [6.07, 6.45) is 5.57. The first-order valence-corrected chi connectivity index (χ1v) is 10.4. The van der Waals surface area contributed by atoms with Crippen molar-refractivity contribution in [3.8, 4) is 5.75 Å². The second kappa shape index (κ2) is 9.63. The number of hydrogen-bond donors (Lipinski definition) is 0. The normalized spacial score (nSPS) is 17.1. The van der Waals surface area contributed by atoms with E-state index in [1.54, 1.807) is 11.8 Å². The third-order valence-electron chi connectivity index (χ3n) is 5.28. The fourth-order valence-electron chi connectivity index (χ4n) is 3.90. The van der Waals surface area contributed by atoms with Crippen molar-refractivity contribution in [2.45, 2.75) is 40.2 Å². The van der Waals surface area contributed by atoms with Gasteiger partial charge in [0.25, 0.3) is 5.91 Å². The lowest BCUT2D eigenvalue weighted by Crippen LogP contribution is -2.43. The molecule has 1 aliphatic rings. The van der Waals surface area contributed by atoms with Crippen LogP contribution in [0.15, 0.2) is 36.4 Å². The van der Waals surface area contributed by atoms with E-state index in [1.165, 1.54) is 0 Å². The predicted molar refractivity (Wildman–Crippen MR) is 113 cm³/mol. The highest BCUT2D eigenvalue weighted by atomic mass is 16.5. The summed E-state index contributed by atoms with van der Waals surface area (Å²) in [6, 6.07) is 7.80. The van der Waals surface area contributed by atoms with Gasteiger partial charge >= 0.3 is 5.97 Å². The van der Waals surface area contributed by atoms with Crippen LogP contribution in [0.1, 0.15) is 44.1 Å². The van der Waals surface area contributed by atoms with Crippen molar-refractivity contribution < 1.29 is 19.1 Å². The highest BCUT2D eigenvalue weighted by Gasteiger charge is 2.31. The Kier molecular flexibility index (Phi) is 6.96. The van der Waals surface area contributed by atoms with Gasteiger partial charge in [-0.25, -0.2) is 0 Å². The Morgan fingerprint density at radius 3 is 2.79 bits per heavy atom. The van der Waals surface area contributed by atoms with Gasteiger partial charge < -0.3 is 18.9 Å². The number of benzene rings is 1. The summed E-state index contributed by atoms with van der Waals surface area (Å²) in [5.41, 5.74) is 1.59. The van der Waals surface area contributed by atoms with Crippen LogP contribution in [0, 0.1) is 5.92 Å². The molecule has 0 saturated carbocycles. The maximum atomic E-state index is 13.4. The molecule has 1 atom stereocenters. The standard InChI is InChI=1S/C23H30N2O4/c1-4-7-14-25-19-11-8-12-21(28-5-2)18(19)15-20(25)22(26)24-13-9-10-17(16-24)23(27)29-6-3/h4,7-8,11-12,15,17H,5-6,9-10,13-14,16H2,1-3H3/b7-4-. The van der Waals surface area contributed by atoms with Gasteiger partial charge in [-0.05, 0) is 51.8 Å². The number of hydrogen-bond acceptors (Lipinski definition) is 4. The Morgan fingerprint density at radius 1 is 1.24 bits per heavy atom. The third kappa shape index (κ3) is 4.47. The van der Waals surface area contributed by atoms with Crippen LogP contribution < -0.4 is 4.74 Å². The Bertz CT molecular complexity index is 900. The largest absolute Gasteiger partial charge is 0.493 e. The van der Waals surface area contributed by atoms with Crippen LogP contribution in [0.4, 0.5) is 0 Å². The van der Waals surface area contributed by atoms with Crippen molar-refractivity contribution in [3.63, 3.8) is 0 Å². The first kappa shape index (κ1) is 21.0. The summed E-state index contributed by atoms with van der Waals surface area (Å²) in [4.78, 5) is 27.4. The zero-order valence-corrected chi connectivity index (χ0v) is 17.5. The van der Waals surface area contributed by atoms with Crippen LogP contribution in [0.25, 0.3) is 10.9 Å². The molecule has 1 unspecified atom stereocenters. The van der Waals surface area contributed by atoms with Crippen molar-refractivity contribution in [1.82, 2.24) is 9.47 Å². The molecule has 29 heavy (non-hydrogen) atoms. The van der Waals surface area contributed by atoms with E-state index in [1.807, 2.05) is 54.8 Å². The Balaban J connectivity index is 1.95. The van der Waals surface area contributed by atoms with Crippen LogP contribution in [0.2, 0.25) is 0 Å². The fraction of sp³-hybridized carbons (Fsp3) is 0.478. The van der Waals surface area contributed by atoms with Crippen LogP contribution in [-0.2, 0) is 16.1 Å². The average molecular weight is 399 g/mol. The number of likely N-dealkylation sites (tertiary alicyclic amines) is 1. The third-order valence-corrected chi connectivity index (χ3v) is 5.28. The molecule has 156 valence electrons. The molecule has 1 aromatic heterocycles. The Labute approximate surface area is 172 Å². The minimum atomic E-state index is -0.250. The van der Waals surface area contributed by atoms with Gasteiger partial charge in [-0.15, -0.1) is 0 Å². The number of amides is 1. The summed E-state index contributed by atoms with van der Waals surface area (Å²) in [7, 11) is 0. The first-order valence-electron chi connectivity index (χ1n) is 10.4. The number of nitrogens with zero attached hydrogens (tertiary/aromatic N) is 2. The highest BCUT2D eigenvalue weighted by molar-refractivity contribution is 6.00. The summed E-state index contributed by atoms with van der Waals surface area (Å²) in [6.45, 7) is 8.31. The zero-order valence-electron chi connectivity index (χ0n) is 17.5. The van der Waals surface area contributed by atoms with Crippen LogP contribution in [0.3, 0.4) is 0 Å². The predicted octanol–water partition coefficient (Wildman–Crippen LogP) is 4.03. The molecule has 1 aromatic carbocycles. The van der Waals surface area contributed by atoms with Gasteiger partial charge in [0.15, 0.2) is 0 Å². The van der Waals surface area contributed by atoms with Gasteiger partial charge in [0, 0.05) is 25.0 Å². The number of allylic oxidation sites excluding steroid dienone is 2. The first-order chi connectivity index (χ1) is 14.1. The second-order valence-electron chi connectivity index (χ2n) is 7.17. The van der Waals surface area contributed by atoms with E-state index in [9.17, 15) is 9.59 Å². The van der Waals surface area contributed by atoms with E-state index in [-0.39, 0.29) is 17.8 Å². The molecule has 0 N–H and O–H groups in total. The number of esters is 1. The average Bonchev–Trinajstić information content (AvgIpc) is 3.11. The molecule has 0 spiro atoms. The SMILES string of the molecule is C/C=C\Cn1c(C(=O)N2CCCC(C(=O)OCC)C2)cc2c(OCC)cccc21. The molecule has 2 heterocycles. The minimum absolute atomic E-state index is 0.0536. The second-order valence-corrected chi connectivity index (χ2v) is 7.17. The lowest BCUT2D eigenvalue weighted by atomic mass is 9.98. The zero-order chi connectivity index (χ0) is 20.8. The lowest BCUT2D eigenvalue weighted by Gasteiger charge is -2.31. The van der Waals surface area contributed by atoms with Crippen LogP contribution in [0.5, 0.6) is 5.75 Å². The Morgan fingerprint density at radius 2 is 2.07 bits per heavy atom. The molecule has 1 aliphatic heterocycles. The molecule has 6 nitrogen and oxygen atoms in total. The fourth-order valence-corrected chi connectivity index (χ4v) is 3.90. The molecule has 1 fully saturated rings. The molecule has 1 saturated heterocycles. The van der Waals surface area contributed by atoms with E-state index >= 15 is 0 Å². The molecule has 0 radical (unpaired) electrons. The van der Waals surface area contributed by atoms with Crippen molar-refractivity contribution in [1.29, 1.82) is 0 Å². The molecular weight excluding hydrogens is 368 g/mol. The van der Waals surface area contributed by atoms with E-state index in [0.29, 0.717) is 38.5 Å². The number of piperidine rings is 1. The van der Waals surface area contributed by atoms with Crippen molar-refractivity contribution in [2.24, 2.45) is 5.92 Å². The smallest absolute Gasteiger partial charge is 0.310 e. The summed E-state index contributed by atoms with van der Waals surface area (Å²) in [5.74, 6) is 0.265. The van der Waals surface area contributed by atoms with Crippen molar-refractivity contribution in [3.05, 3.63) is 42.1 Å². The van der Waals surface area contributed by atoms with Crippen molar-refractivity contribution >= 4 is 22.8 Å². The quantitative estimate of drug-likeness (QED) is 0.522. The molecular formula is C23H30N2O4. The molecule has 2 aromatic rings. The number of aromatic nitrogens is 1. The molecule has 0 aliphatic carbocycles. The molecule has 1 amide bonds. The van der Waals surface area contributed by atoms with E-state index < -0.39 is 0 Å². The van der Waals surface area contributed by atoms with Gasteiger partial charge in [0.1, 0.15) is 11.4 Å². The maximum Gasteiger partial charge on any atom is 0.310 e. The lowest BCUT2D eigenvalue weighted by molar-refractivity contribution is -0.149. The minimum Gasteiger partial charge on any atom is -0.493 e. The summed E-state index contributed by atoms with van der Waals surface area (Å²) < 4.78 is 13.0. The highest BCUT2D eigenvalue weighted by Crippen LogP contribution is 2.30. The number of ether oxygens (including phenoxy) is 2. The van der Waals surface area contributed by atoms with E-state index in [2.05, 4.69) is 0 Å². The summed E-state index contributed by atoms with van der Waals surface area (Å²) in [5, 5.41) is 0.932. The van der Waals surface area contributed by atoms with E-state index in [0.717, 1.165) is 29.5 Å². The van der Waals surface area contributed by atoms with Gasteiger partial charge in [-0.2, -0.15) is 0 Å². The molecule has 3 rings (SSSR count). The van der Waals surface area contributed by atoms with Crippen LogP contribution >= 0.6 is 0 Å². The summed E-state index contributed by atoms with van der Waals surface area (Å²) >= 11 is 0. The monoisotopic (exact) mass is 398 g/mol. The topological polar surface area (TPSA) is 60.8 Å². The van der Waals surface area contributed by atoms with Gasteiger partial charge in [0.2, 0.25) is 0 Å². The van der Waals surface area contributed by atoms with Crippen molar-refractivity contribution in [2.75, 3.05) is 26.3 Å². The maximum absolute atomic E-state index is 13.4. The van der Waals surface area contributed by atoms with E-state index in [4.69, 9.17) is 9.47 Å². The number of fused-ring (bicyclic) bond motifs is 1. The van der Waals surface area contributed by atoms with Gasteiger partial charge in [-0.3, -0.25) is 9.59 Å². The van der Waals surface area contributed by atoms with Crippen LogP contribution in [-0.4, -0.2) is 47.6 Å². The molecule has 6 heteroatoms. The van der Waals surface area contributed by atoms with Gasteiger partial charge in [0.05, 0.1) is 24.6 Å². The Hall–Kier alpha value is -2.76.